The van der Waals surface area contributed by atoms with E-state index in [1.54, 1.807) is 6.92 Å². The summed E-state index contributed by atoms with van der Waals surface area (Å²) >= 11 is 0. The Balaban J connectivity index is 1.94. The van der Waals surface area contributed by atoms with Crippen molar-refractivity contribution in [3.8, 4) is 0 Å². The Labute approximate surface area is 171 Å². The third-order valence-electron chi connectivity index (χ3n) is 6.75. The van der Waals surface area contributed by atoms with Gasteiger partial charge in [-0.2, -0.15) is 0 Å². The maximum atomic E-state index is 12.3. The van der Waals surface area contributed by atoms with Crippen LogP contribution in [-0.4, -0.2) is 47.9 Å². The number of esters is 3. The molecule has 1 aliphatic heterocycles. The van der Waals surface area contributed by atoms with Crippen molar-refractivity contribution >= 4 is 17.9 Å². The van der Waals surface area contributed by atoms with Gasteiger partial charge in [0.25, 0.3) is 0 Å². The molecule has 160 valence electrons. The molecule has 1 N–H and O–H groups in total. The number of hydrogen-bond acceptors (Lipinski definition) is 7. The number of aliphatic hydroxyl groups is 1. The van der Waals surface area contributed by atoms with Gasteiger partial charge in [0.2, 0.25) is 0 Å². The average Bonchev–Trinajstić information content (AvgIpc) is 3.04. The SMILES string of the molecule is C=C1C(=O)OC2C1CCC(=C)C1C(O)C(OC(C)=O)C(COC(=O)C(C)CC)C21. The summed E-state index contributed by atoms with van der Waals surface area (Å²) in [4.78, 5) is 36.2. The molecule has 7 nitrogen and oxygen atoms in total. The maximum absolute atomic E-state index is 12.3. The van der Waals surface area contributed by atoms with Crippen LogP contribution < -0.4 is 0 Å². The van der Waals surface area contributed by atoms with E-state index >= 15 is 0 Å². The Hall–Kier alpha value is -2.15. The fourth-order valence-corrected chi connectivity index (χ4v) is 5.00. The van der Waals surface area contributed by atoms with E-state index in [-0.39, 0.29) is 30.3 Å². The Morgan fingerprint density at radius 1 is 1.34 bits per heavy atom. The topological polar surface area (TPSA) is 99.1 Å². The summed E-state index contributed by atoms with van der Waals surface area (Å²) in [5.74, 6) is -3.05. The summed E-state index contributed by atoms with van der Waals surface area (Å²) in [5, 5.41) is 11.0. The molecule has 7 heteroatoms. The average molecular weight is 406 g/mol. The first-order valence-electron chi connectivity index (χ1n) is 10.3. The highest BCUT2D eigenvalue weighted by Crippen LogP contribution is 2.53. The van der Waals surface area contributed by atoms with Gasteiger partial charge in [0.15, 0.2) is 0 Å². The molecule has 1 saturated heterocycles. The Morgan fingerprint density at radius 2 is 2.03 bits per heavy atom. The Morgan fingerprint density at radius 3 is 2.66 bits per heavy atom. The molecular formula is C22H30O7. The van der Waals surface area contributed by atoms with Crippen molar-refractivity contribution in [3.05, 3.63) is 24.3 Å². The highest BCUT2D eigenvalue weighted by Gasteiger charge is 2.60. The molecule has 3 rings (SSSR count). The molecular weight excluding hydrogens is 376 g/mol. The van der Waals surface area contributed by atoms with Crippen LogP contribution in [0, 0.1) is 29.6 Å². The molecule has 0 spiro atoms. The van der Waals surface area contributed by atoms with Gasteiger partial charge in [0.1, 0.15) is 12.2 Å². The second kappa shape index (κ2) is 8.30. The van der Waals surface area contributed by atoms with Crippen LogP contribution >= 0.6 is 0 Å². The van der Waals surface area contributed by atoms with E-state index in [4.69, 9.17) is 14.2 Å². The molecule has 8 unspecified atom stereocenters. The number of carbonyl (C=O) groups excluding carboxylic acids is 3. The third-order valence-corrected chi connectivity index (χ3v) is 6.75. The molecule has 29 heavy (non-hydrogen) atoms. The summed E-state index contributed by atoms with van der Waals surface area (Å²) in [6.45, 7) is 13.0. The van der Waals surface area contributed by atoms with Crippen molar-refractivity contribution in [1.82, 2.24) is 0 Å². The van der Waals surface area contributed by atoms with Crippen LogP contribution in [0.2, 0.25) is 0 Å². The third kappa shape index (κ3) is 3.84. The van der Waals surface area contributed by atoms with E-state index in [1.807, 2.05) is 6.92 Å². The minimum atomic E-state index is -1.00. The zero-order chi connectivity index (χ0) is 21.5. The lowest BCUT2D eigenvalue weighted by molar-refractivity contribution is -0.161. The maximum Gasteiger partial charge on any atom is 0.334 e. The van der Waals surface area contributed by atoms with Crippen LogP contribution in [0.15, 0.2) is 24.3 Å². The van der Waals surface area contributed by atoms with Crippen LogP contribution in [-0.2, 0) is 28.6 Å². The van der Waals surface area contributed by atoms with E-state index in [1.165, 1.54) is 6.92 Å². The minimum absolute atomic E-state index is 0.0279. The van der Waals surface area contributed by atoms with Gasteiger partial charge in [0, 0.05) is 36.2 Å². The molecule has 2 saturated carbocycles. The zero-order valence-corrected chi connectivity index (χ0v) is 17.3. The first-order valence-corrected chi connectivity index (χ1v) is 10.3. The van der Waals surface area contributed by atoms with Crippen molar-refractivity contribution < 1.29 is 33.7 Å². The number of fused-ring (bicyclic) bond motifs is 3. The van der Waals surface area contributed by atoms with Gasteiger partial charge in [-0.05, 0) is 19.3 Å². The van der Waals surface area contributed by atoms with Crippen molar-refractivity contribution in [2.24, 2.45) is 29.6 Å². The van der Waals surface area contributed by atoms with Crippen molar-refractivity contribution in [2.45, 2.75) is 58.3 Å². The first-order chi connectivity index (χ1) is 13.7. The molecule has 0 aromatic heterocycles. The van der Waals surface area contributed by atoms with Crippen LogP contribution in [0.5, 0.6) is 0 Å². The van der Waals surface area contributed by atoms with E-state index in [0.29, 0.717) is 24.8 Å². The van der Waals surface area contributed by atoms with Crippen LogP contribution in [0.25, 0.3) is 0 Å². The highest BCUT2D eigenvalue weighted by atomic mass is 16.6. The van der Waals surface area contributed by atoms with Gasteiger partial charge in [-0.25, -0.2) is 4.79 Å². The molecule has 3 aliphatic rings. The lowest BCUT2D eigenvalue weighted by Gasteiger charge is -2.30. The molecule has 0 aromatic carbocycles. The zero-order valence-electron chi connectivity index (χ0n) is 17.3. The van der Waals surface area contributed by atoms with Crippen LogP contribution in [0.4, 0.5) is 0 Å². The summed E-state index contributed by atoms with van der Waals surface area (Å²) in [6.07, 6.45) is -0.469. The van der Waals surface area contributed by atoms with Crippen molar-refractivity contribution in [3.63, 3.8) is 0 Å². The molecule has 8 atom stereocenters. The van der Waals surface area contributed by atoms with E-state index in [2.05, 4.69) is 13.2 Å². The van der Waals surface area contributed by atoms with Gasteiger partial charge in [-0.3, -0.25) is 9.59 Å². The standard InChI is InChI=1S/C22H30O7/c1-6-10(2)21(25)27-9-15-17-16(18(24)20(15)28-13(5)23)11(3)7-8-14-12(4)22(26)29-19(14)17/h10,14-20,24H,3-4,6-9H2,1-2,5H3. The summed E-state index contributed by atoms with van der Waals surface area (Å²) in [7, 11) is 0. The molecule has 0 bridgehead atoms. The summed E-state index contributed by atoms with van der Waals surface area (Å²) < 4.78 is 16.6. The molecule has 0 radical (unpaired) electrons. The quantitative estimate of drug-likeness (QED) is 0.323. The molecule has 0 amide bonds. The number of ether oxygens (including phenoxy) is 3. The van der Waals surface area contributed by atoms with E-state index in [9.17, 15) is 19.5 Å². The monoisotopic (exact) mass is 406 g/mol. The van der Waals surface area contributed by atoms with E-state index < -0.39 is 42.1 Å². The fourth-order valence-electron chi connectivity index (χ4n) is 5.00. The highest BCUT2D eigenvalue weighted by molar-refractivity contribution is 5.90. The smallest absolute Gasteiger partial charge is 0.334 e. The first kappa shape index (κ1) is 21.6. The van der Waals surface area contributed by atoms with Crippen molar-refractivity contribution in [2.75, 3.05) is 6.61 Å². The second-order valence-electron chi connectivity index (χ2n) is 8.47. The molecule has 1 heterocycles. The van der Waals surface area contributed by atoms with E-state index in [0.717, 1.165) is 5.57 Å². The van der Waals surface area contributed by atoms with Gasteiger partial charge in [0.05, 0.1) is 18.6 Å². The van der Waals surface area contributed by atoms with Crippen LogP contribution in [0.3, 0.4) is 0 Å². The molecule has 3 fully saturated rings. The largest absolute Gasteiger partial charge is 0.465 e. The molecule has 0 aromatic rings. The lowest BCUT2D eigenvalue weighted by Crippen LogP contribution is -2.38. The molecule has 2 aliphatic carbocycles. The summed E-state index contributed by atoms with van der Waals surface area (Å²) in [6, 6.07) is 0. The van der Waals surface area contributed by atoms with Crippen molar-refractivity contribution in [1.29, 1.82) is 0 Å². The summed E-state index contributed by atoms with van der Waals surface area (Å²) in [5.41, 5.74) is 1.25. The Bertz CT molecular complexity index is 727. The normalized spacial score (nSPS) is 37.2. The number of carbonyl (C=O) groups is 3. The van der Waals surface area contributed by atoms with Gasteiger partial charge < -0.3 is 19.3 Å². The van der Waals surface area contributed by atoms with Gasteiger partial charge >= 0.3 is 17.9 Å². The fraction of sp³-hybridized carbons (Fsp3) is 0.682. The van der Waals surface area contributed by atoms with Crippen LogP contribution in [0.1, 0.15) is 40.0 Å². The van der Waals surface area contributed by atoms with Gasteiger partial charge in [-0.1, -0.05) is 32.6 Å². The predicted molar refractivity (Wildman–Crippen MR) is 103 cm³/mol. The lowest BCUT2D eigenvalue weighted by atomic mass is 9.78. The van der Waals surface area contributed by atoms with Gasteiger partial charge in [-0.15, -0.1) is 0 Å². The number of rotatable bonds is 5. The number of aliphatic hydroxyl groups excluding tert-OH is 1. The number of hydrogen-bond donors (Lipinski definition) is 1. The predicted octanol–water partition coefficient (Wildman–Crippen LogP) is 2.18. The Kier molecular flexibility index (Phi) is 6.17. The second-order valence-corrected chi connectivity index (χ2v) is 8.47. The minimum Gasteiger partial charge on any atom is -0.465 e.